The van der Waals surface area contributed by atoms with E-state index in [2.05, 4.69) is 53.5 Å². The molecular weight excluding hydrogens is 360 g/mol. The Kier molecular flexibility index (Phi) is 6.08. The normalized spacial score (nSPS) is 18.7. The van der Waals surface area contributed by atoms with Crippen LogP contribution in [0, 0.1) is 0 Å². The van der Waals surface area contributed by atoms with Crippen molar-refractivity contribution in [2.24, 2.45) is 0 Å². The van der Waals surface area contributed by atoms with Gasteiger partial charge >= 0.3 is 0 Å². The van der Waals surface area contributed by atoms with Crippen molar-refractivity contribution in [3.63, 3.8) is 0 Å². The molecule has 0 unspecified atom stereocenters. The molecule has 0 saturated heterocycles. The molecule has 4 heteroatoms. The minimum absolute atomic E-state index is 0.0439. The summed E-state index contributed by atoms with van der Waals surface area (Å²) < 4.78 is 5.91. The van der Waals surface area contributed by atoms with Gasteiger partial charge in [-0.3, -0.25) is 4.79 Å². The van der Waals surface area contributed by atoms with Gasteiger partial charge in [0.15, 0.2) is 6.10 Å². The highest BCUT2D eigenvalue weighted by Gasteiger charge is 2.24. The highest BCUT2D eigenvalue weighted by molar-refractivity contribution is 5.80. The molecule has 0 radical (unpaired) electrons. The Labute approximate surface area is 174 Å². The van der Waals surface area contributed by atoms with Crippen LogP contribution in [0.4, 0.5) is 5.69 Å². The predicted molar refractivity (Wildman–Crippen MR) is 118 cm³/mol. The number of rotatable bonds is 7. The number of hydrogen-bond acceptors (Lipinski definition) is 3. The van der Waals surface area contributed by atoms with Gasteiger partial charge in [-0.05, 0) is 87.3 Å². The summed E-state index contributed by atoms with van der Waals surface area (Å²) in [5.41, 5.74) is 5.58. The second kappa shape index (κ2) is 8.89. The third kappa shape index (κ3) is 4.58. The largest absolute Gasteiger partial charge is 0.481 e. The van der Waals surface area contributed by atoms with Crippen LogP contribution in [0.3, 0.4) is 0 Å². The molecule has 154 valence electrons. The van der Waals surface area contributed by atoms with Crippen LogP contribution in [0.1, 0.15) is 49.8 Å². The van der Waals surface area contributed by atoms with Crippen LogP contribution in [0.25, 0.3) is 0 Å². The average molecular weight is 393 g/mol. The number of carbonyl (C=O) groups excluding carboxylic acids is 1. The van der Waals surface area contributed by atoms with Crippen LogP contribution in [0.2, 0.25) is 0 Å². The summed E-state index contributed by atoms with van der Waals surface area (Å²) >= 11 is 0. The fourth-order valence-corrected chi connectivity index (χ4v) is 4.62. The first-order valence-electron chi connectivity index (χ1n) is 11.0. The molecule has 2 atom stereocenters. The lowest BCUT2D eigenvalue weighted by molar-refractivity contribution is -0.127. The van der Waals surface area contributed by atoms with Gasteiger partial charge in [0.2, 0.25) is 0 Å². The summed E-state index contributed by atoms with van der Waals surface area (Å²) in [4.78, 5) is 14.9. The van der Waals surface area contributed by atoms with E-state index in [1.807, 2.05) is 13.0 Å². The number of carbonyl (C=O) groups is 1. The van der Waals surface area contributed by atoms with Crippen molar-refractivity contribution in [3.05, 3.63) is 59.2 Å². The number of anilines is 1. The number of ether oxygens (including phenoxy) is 1. The predicted octanol–water partition coefficient (Wildman–Crippen LogP) is 4.29. The van der Waals surface area contributed by atoms with Gasteiger partial charge in [-0.2, -0.15) is 0 Å². The number of benzene rings is 2. The van der Waals surface area contributed by atoms with Gasteiger partial charge in [0, 0.05) is 24.8 Å². The van der Waals surface area contributed by atoms with Crippen LogP contribution < -0.4 is 15.0 Å². The number of aryl methyl sites for hydroxylation is 2. The molecule has 2 aliphatic rings. The molecule has 0 bridgehead atoms. The Balaban J connectivity index is 1.23. The molecule has 1 amide bonds. The summed E-state index contributed by atoms with van der Waals surface area (Å²) in [7, 11) is 0. The van der Waals surface area contributed by atoms with Gasteiger partial charge in [0.1, 0.15) is 5.75 Å². The summed E-state index contributed by atoms with van der Waals surface area (Å²) in [6.07, 6.45) is 6.34. The minimum atomic E-state index is -0.483. The molecule has 0 spiro atoms. The van der Waals surface area contributed by atoms with Crippen LogP contribution in [-0.2, 0) is 24.1 Å². The molecule has 2 aromatic rings. The van der Waals surface area contributed by atoms with Crippen LogP contribution in [0.5, 0.6) is 5.75 Å². The zero-order valence-electron chi connectivity index (χ0n) is 17.6. The van der Waals surface area contributed by atoms with E-state index in [1.165, 1.54) is 35.2 Å². The standard InChI is InChI=1S/C25H32N2O2/c1-18-16-22-10-5-6-11-24(22)27(18)15-7-14-26-25(28)19(2)29-23-13-12-20-8-3-4-9-21(20)17-23/h5-6,10-13,17-19H,3-4,7-9,14-16H2,1-2H3,(H,26,28)/t18-,19-/m1/s1. The zero-order valence-corrected chi connectivity index (χ0v) is 17.6. The Bertz CT molecular complexity index is 864. The number of nitrogens with one attached hydrogen (secondary N) is 1. The molecule has 0 aromatic heterocycles. The Hall–Kier alpha value is -2.49. The van der Waals surface area contributed by atoms with Crippen LogP contribution >= 0.6 is 0 Å². The second-order valence-corrected chi connectivity index (χ2v) is 8.42. The van der Waals surface area contributed by atoms with Crippen molar-refractivity contribution >= 4 is 11.6 Å². The smallest absolute Gasteiger partial charge is 0.260 e. The quantitative estimate of drug-likeness (QED) is 0.715. The van der Waals surface area contributed by atoms with Crippen molar-refractivity contribution in [1.29, 1.82) is 0 Å². The van der Waals surface area contributed by atoms with Gasteiger partial charge < -0.3 is 15.0 Å². The van der Waals surface area contributed by atoms with E-state index >= 15 is 0 Å². The van der Waals surface area contributed by atoms with E-state index < -0.39 is 6.10 Å². The number of nitrogens with zero attached hydrogens (tertiary/aromatic N) is 1. The van der Waals surface area contributed by atoms with Crippen LogP contribution in [-0.4, -0.2) is 31.1 Å². The van der Waals surface area contributed by atoms with Crippen molar-refractivity contribution in [3.8, 4) is 5.75 Å². The second-order valence-electron chi connectivity index (χ2n) is 8.42. The van der Waals surface area contributed by atoms with Crippen molar-refractivity contribution < 1.29 is 9.53 Å². The maximum absolute atomic E-state index is 12.4. The van der Waals surface area contributed by atoms with Gasteiger partial charge in [-0.25, -0.2) is 0 Å². The van der Waals surface area contributed by atoms with Gasteiger partial charge in [-0.1, -0.05) is 24.3 Å². The monoisotopic (exact) mass is 392 g/mol. The molecule has 29 heavy (non-hydrogen) atoms. The van der Waals surface area contributed by atoms with E-state index in [0.29, 0.717) is 12.6 Å². The number of para-hydroxylation sites is 1. The van der Waals surface area contributed by atoms with Crippen molar-refractivity contribution in [2.75, 3.05) is 18.0 Å². The summed E-state index contributed by atoms with van der Waals surface area (Å²) in [5, 5.41) is 3.04. The molecule has 1 aliphatic heterocycles. The highest BCUT2D eigenvalue weighted by atomic mass is 16.5. The fourth-order valence-electron chi connectivity index (χ4n) is 4.62. The third-order valence-corrected chi connectivity index (χ3v) is 6.23. The first kappa shape index (κ1) is 19.8. The Morgan fingerprint density at radius 3 is 2.79 bits per heavy atom. The van der Waals surface area contributed by atoms with Crippen molar-refractivity contribution in [1.82, 2.24) is 5.32 Å². The summed E-state index contributed by atoms with van der Waals surface area (Å²) in [6.45, 7) is 5.72. The van der Waals surface area contributed by atoms with Gasteiger partial charge in [0.05, 0.1) is 0 Å². The first-order valence-corrected chi connectivity index (χ1v) is 11.0. The van der Waals surface area contributed by atoms with E-state index in [-0.39, 0.29) is 5.91 Å². The lowest BCUT2D eigenvalue weighted by atomic mass is 9.92. The first-order chi connectivity index (χ1) is 14.1. The SMILES string of the molecule is C[C@@H]1Cc2ccccc2N1CCCNC(=O)[C@@H](C)Oc1ccc2c(c1)CCCC2. The lowest BCUT2D eigenvalue weighted by Crippen LogP contribution is -2.38. The Morgan fingerprint density at radius 1 is 1.14 bits per heavy atom. The molecule has 0 saturated carbocycles. The molecule has 4 rings (SSSR count). The van der Waals surface area contributed by atoms with Crippen LogP contribution in [0.15, 0.2) is 42.5 Å². The third-order valence-electron chi connectivity index (χ3n) is 6.23. The maximum Gasteiger partial charge on any atom is 0.260 e. The number of hydrogen-bond donors (Lipinski definition) is 1. The van der Waals surface area contributed by atoms with E-state index in [0.717, 1.165) is 38.0 Å². The average Bonchev–Trinajstić information content (AvgIpc) is 3.06. The zero-order chi connectivity index (χ0) is 20.2. The van der Waals surface area contributed by atoms with E-state index in [4.69, 9.17) is 4.74 Å². The maximum atomic E-state index is 12.4. The minimum Gasteiger partial charge on any atom is -0.481 e. The summed E-state index contributed by atoms with van der Waals surface area (Å²) in [5.74, 6) is 0.758. The number of amides is 1. The molecule has 2 aromatic carbocycles. The molecule has 4 nitrogen and oxygen atoms in total. The topological polar surface area (TPSA) is 41.6 Å². The van der Waals surface area contributed by atoms with Gasteiger partial charge in [-0.15, -0.1) is 0 Å². The highest BCUT2D eigenvalue weighted by Crippen LogP contribution is 2.31. The fraction of sp³-hybridized carbons (Fsp3) is 0.480. The molecule has 1 N–H and O–H groups in total. The van der Waals surface area contributed by atoms with Crippen molar-refractivity contribution in [2.45, 2.75) is 64.5 Å². The Morgan fingerprint density at radius 2 is 1.93 bits per heavy atom. The molecule has 1 heterocycles. The lowest BCUT2D eigenvalue weighted by Gasteiger charge is -2.25. The molecular formula is C25H32N2O2. The molecule has 0 fully saturated rings. The number of fused-ring (bicyclic) bond motifs is 2. The van der Waals surface area contributed by atoms with E-state index in [1.54, 1.807) is 0 Å². The van der Waals surface area contributed by atoms with E-state index in [9.17, 15) is 4.79 Å². The molecule has 1 aliphatic carbocycles. The summed E-state index contributed by atoms with van der Waals surface area (Å²) in [6, 6.07) is 15.4. The van der Waals surface area contributed by atoms with Gasteiger partial charge in [0.25, 0.3) is 5.91 Å².